The van der Waals surface area contributed by atoms with Crippen LogP contribution in [0.25, 0.3) is 0 Å². The van der Waals surface area contributed by atoms with Crippen LogP contribution in [0.3, 0.4) is 0 Å². The number of hydrogen-bond donors (Lipinski definition) is 4. The molecule has 4 N–H and O–H groups in total. The van der Waals surface area contributed by atoms with Crippen LogP contribution in [0.2, 0.25) is 0 Å². The van der Waals surface area contributed by atoms with Crippen LogP contribution < -0.4 is 33.1 Å². The van der Waals surface area contributed by atoms with Gasteiger partial charge < -0.3 is 46.6 Å². The molecule has 2 fully saturated rings. The third kappa shape index (κ3) is 19.9. The summed E-state index contributed by atoms with van der Waals surface area (Å²) in [5.41, 5.74) is -0.776. The fourth-order valence-electron chi connectivity index (χ4n) is 6.51. The fourth-order valence-corrected chi connectivity index (χ4v) is 10.7. The summed E-state index contributed by atoms with van der Waals surface area (Å²) >= 11 is 7.73. The Morgan fingerprint density at radius 2 is 1.33 bits per heavy atom. The maximum Gasteiger partial charge on any atom is 0.330 e. The van der Waals surface area contributed by atoms with E-state index in [4.69, 9.17) is 53.1 Å². The lowest BCUT2D eigenvalue weighted by molar-refractivity contribution is -0.0349. The predicted molar refractivity (Wildman–Crippen MR) is 262 cm³/mol. The Labute approximate surface area is 394 Å². The third-order valence-electron chi connectivity index (χ3n) is 9.56. The topological polar surface area (TPSA) is 208 Å². The van der Waals surface area contributed by atoms with E-state index < -0.39 is 83.7 Å². The van der Waals surface area contributed by atoms with Crippen LogP contribution in [0.5, 0.6) is 0 Å². The molecule has 0 aliphatic carbocycles. The highest BCUT2D eigenvalue weighted by molar-refractivity contribution is 8.09. The molecule has 8 unspecified atom stereocenters. The minimum atomic E-state index is -2.64. The second-order valence-electron chi connectivity index (χ2n) is 16.0. The van der Waals surface area contributed by atoms with E-state index in [2.05, 4.69) is 48.3 Å². The van der Waals surface area contributed by atoms with Gasteiger partial charge in [0, 0.05) is 61.8 Å². The Bertz CT molecular complexity index is 2090. The molecule has 63 heavy (non-hydrogen) atoms. The van der Waals surface area contributed by atoms with Crippen molar-refractivity contribution in [1.82, 2.24) is 29.7 Å². The summed E-state index contributed by atoms with van der Waals surface area (Å²) in [5, 5.41) is 6.72. The van der Waals surface area contributed by atoms with Gasteiger partial charge in [0.05, 0.1) is 37.6 Å². The third-order valence-corrected chi connectivity index (χ3v) is 13.6. The second-order valence-corrected chi connectivity index (χ2v) is 22.8. The Morgan fingerprint density at radius 1 is 0.873 bits per heavy atom. The van der Waals surface area contributed by atoms with E-state index in [9.17, 15) is 19.2 Å². The Hall–Kier alpha value is -1.13. The minimum absolute atomic E-state index is 0.0197. The van der Waals surface area contributed by atoms with E-state index >= 15 is 0 Å². The molecule has 25 heteroatoms. The molecule has 2 saturated heterocycles. The van der Waals surface area contributed by atoms with Crippen LogP contribution in [0.1, 0.15) is 90.8 Å². The molecule has 0 saturated carbocycles. The Morgan fingerprint density at radius 3 is 1.81 bits per heavy atom. The number of H-pyrrole nitrogens is 2. The average Bonchev–Trinajstić information content (AvgIpc) is 3.79. The fraction of sp³-hybridized carbons (Fsp3) is 0.789. The van der Waals surface area contributed by atoms with Gasteiger partial charge in [-0.25, -0.2) is 9.59 Å². The molecule has 0 spiro atoms. The van der Waals surface area contributed by atoms with Crippen molar-refractivity contribution in [2.24, 2.45) is 0 Å². The van der Waals surface area contributed by atoms with E-state index in [0.717, 1.165) is 50.0 Å². The highest BCUT2D eigenvalue weighted by atomic mass is 32.5. The SMILES string of the molecule is [2H]B([3H])CSOCC1OC(n2cc(C)c(=O)[nH]c2=O)CC1OP(C)(=S)O[C@H](C)CCNC(C)C.[2H]B([3H])CSOCC1OC(n2cc(C)c(=O)[nH]c2=O)CC1OP(C)O[C@H](C)CCNC(C)C. The first-order chi connectivity index (χ1) is 31.4. The largest absolute Gasteiger partial charge is 0.349 e. The van der Waals surface area contributed by atoms with Gasteiger partial charge in [-0.3, -0.25) is 28.7 Å². The summed E-state index contributed by atoms with van der Waals surface area (Å²) < 4.78 is 79.6. The highest BCUT2D eigenvalue weighted by Crippen LogP contribution is 2.50. The zero-order chi connectivity index (χ0) is 50.0. The monoisotopic (exact) mass is 988 g/mol. The van der Waals surface area contributed by atoms with Gasteiger partial charge in [-0.2, -0.15) is 0 Å². The lowest BCUT2D eigenvalue weighted by Gasteiger charge is -2.27. The first kappa shape index (κ1) is 49.8. The van der Waals surface area contributed by atoms with Gasteiger partial charge in [0.25, 0.3) is 11.1 Å². The zero-order valence-electron chi connectivity index (χ0n) is 42.1. The Kier molecular flexibility index (Phi) is 22.3. The number of aryl methyl sites for hydroxylation is 2. The molecule has 358 valence electrons. The molecular weight excluding hydrogens is 912 g/mol. The van der Waals surface area contributed by atoms with Crippen molar-refractivity contribution in [3.63, 3.8) is 0 Å². The molecule has 2 aliphatic heterocycles. The van der Waals surface area contributed by atoms with Crippen molar-refractivity contribution in [3.8, 4) is 0 Å². The smallest absolute Gasteiger partial charge is 0.330 e. The molecular formula is C38H70B2N6O12P2S3. The van der Waals surface area contributed by atoms with Crippen molar-refractivity contribution in [3.05, 3.63) is 65.2 Å². The molecule has 4 heterocycles. The summed E-state index contributed by atoms with van der Waals surface area (Å²) in [6.45, 7) is 18.5. The van der Waals surface area contributed by atoms with Gasteiger partial charge in [0.2, 0.25) is 0 Å². The van der Waals surface area contributed by atoms with Gasteiger partial charge in [-0.05, 0) is 106 Å². The van der Waals surface area contributed by atoms with Gasteiger partial charge >= 0.3 is 11.4 Å². The quantitative estimate of drug-likeness (QED) is 0.0419. The molecule has 2 aromatic heterocycles. The molecule has 0 amide bonds. The standard InChI is InChI=1S/C19H35BN3O6PS2.C19H35BN3O6PS/c1-12(2)21-7-6-14(4)28-30(5,31)29-15-8-17(27-16(15)10-26-32-11-20)23-9-13(3)18(24)22-19(23)25;1-12(2)21-7-6-14(4)28-30(5)29-15-8-17(27-16(15)10-26-31-11-20)23-9-13(3)18(24)22-19(23)25/h9,12,14-17,21H,6-8,10-11,20H2,1-5H3,(H,22,24,25);9,12,14-17,21H,6-8,10-11,20H2,1-5H3,(H,22,24,25)/t2*14-,15?,16?,17?,30?/m11/s1/i2*20TD. The van der Waals surface area contributed by atoms with Gasteiger partial charge in [-0.15, -0.1) is 0 Å². The summed E-state index contributed by atoms with van der Waals surface area (Å²) in [6, 6.07) is 0.808. The lowest BCUT2D eigenvalue weighted by atomic mass is 10.2. The van der Waals surface area contributed by atoms with Crippen LogP contribution in [-0.4, -0.2) is 140 Å². The molecule has 18 nitrogen and oxygen atoms in total. The second kappa shape index (κ2) is 28.3. The number of rotatable bonds is 28. The minimum Gasteiger partial charge on any atom is -0.349 e. The van der Waals surface area contributed by atoms with Crippen molar-refractivity contribution < 1.29 is 35.9 Å². The van der Waals surface area contributed by atoms with Crippen molar-refractivity contribution >= 4 is 66.3 Å². The van der Waals surface area contributed by atoms with Gasteiger partial charge in [0.1, 0.15) is 40.2 Å². The molecule has 2 aromatic rings. The molecule has 4 rings (SSSR count). The van der Waals surface area contributed by atoms with E-state index in [1.165, 1.54) is 21.5 Å². The van der Waals surface area contributed by atoms with Crippen molar-refractivity contribution in [1.29, 1.82) is 5.34 Å². The number of nitrogens with one attached hydrogen (secondary N) is 4. The van der Waals surface area contributed by atoms with Crippen molar-refractivity contribution in [2.45, 2.75) is 142 Å². The van der Waals surface area contributed by atoms with Gasteiger partial charge in [0.15, 0.2) is 14.9 Å². The molecule has 0 bridgehead atoms. The maximum atomic E-state index is 12.4. The van der Waals surface area contributed by atoms with E-state index in [1.807, 2.05) is 20.5 Å². The maximum absolute atomic E-state index is 12.4. The number of ether oxygens (including phenoxy) is 2. The van der Waals surface area contributed by atoms with Gasteiger partial charge in [-0.1, -0.05) is 27.7 Å². The highest BCUT2D eigenvalue weighted by Gasteiger charge is 2.41. The molecule has 2 aliphatic rings. The van der Waals surface area contributed by atoms with Crippen molar-refractivity contribution in [2.75, 3.05) is 50.9 Å². The lowest BCUT2D eigenvalue weighted by Crippen LogP contribution is -2.33. The number of aromatic nitrogens is 4. The van der Waals surface area contributed by atoms with E-state index in [1.54, 1.807) is 20.5 Å². The summed E-state index contributed by atoms with van der Waals surface area (Å²) in [5.74, 6) is 0. The summed E-state index contributed by atoms with van der Waals surface area (Å²) in [6.07, 6.45) is 2.05. The summed E-state index contributed by atoms with van der Waals surface area (Å²) in [4.78, 5) is 52.8. The van der Waals surface area contributed by atoms with E-state index in [0.29, 0.717) is 36.1 Å². The Balaban J connectivity index is 0.000000355. The first-order valence-electron chi connectivity index (χ1n) is 23.4. The van der Waals surface area contributed by atoms with E-state index in [-0.39, 0.29) is 42.8 Å². The first-order valence-corrected chi connectivity index (χ1v) is 27.6. The van der Waals surface area contributed by atoms with Crippen LogP contribution in [-0.2, 0) is 47.7 Å². The molecule has 0 aromatic carbocycles. The summed E-state index contributed by atoms with van der Waals surface area (Å²) in [7, 11) is -3.18. The predicted octanol–water partition coefficient (Wildman–Crippen LogP) is 3.01. The van der Waals surface area contributed by atoms with Crippen LogP contribution >= 0.6 is 39.0 Å². The number of aromatic amines is 2. The number of nitrogens with zero attached hydrogens (tertiary/aromatic N) is 2. The molecule has 0 radical (unpaired) electrons. The molecule has 10 atom stereocenters. The normalized spacial score (nSPS) is 24.4. The average molecular weight is 989 g/mol. The van der Waals surface area contributed by atoms with Crippen LogP contribution in [0, 0.1) is 13.8 Å². The van der Waals surface area contributed by atoms with Crippen LogP contribution in [0.4, 0.5) is 0 Å². The van der Waals surface area contributed by atoms with Crippen LogP contribution in [0.15, 0.2) is 31.6 Å². The zero-order valence-corrected chi connectivity index (χ0v) is 42.3. The number of hydrogen-bond acceptors (Lipinski definition) is 17.